The van der Waals surface area contributed by atoms with Crippen LogP contribution < -0.4 is 5.32 Å². The number of hydrogen-bond acceptors (Lipinski definition) is 5. The van der Waals surface area contributed by atoms with Gasteiger partial charge in [-0.05, 0) is 38.6 Å². The molecule has 0 atom stereocenters. The summed E-state index contributed by atoms with van der Waals surface area (Å²) in [7, 11) is 2.96. The molecular formula is C19H22ClN3O4. The quantitative estimate of drug-likeness (QED) is 0.559. The number of esters is 1. The van der Waals surface area contributed by atoms with Gasteiger partial charge in [0.05, 0.1) is 42.2 Å². The molecule has 0 fully saturated rings. The smallest absolute Gasteiger partial charge is 0.339 e. The number of H-pyrrole nitrogens is 1. The van der Waals surface area contributed by atoms with E-state index in [1.165, 1.54) is 7.11 Å². The number of ketones is 1. The van der Waals surface area contributed by atoms with Gasteiger partial charge in [0.15, 0.2) is 5.78 Å². The molecule has 1 amide bonds. The lowest BCUT2D eigenvalue weighted by Gasteiger charge is -2.15. The average molecular weight is 392 g/mol. The van der Waals surface area contributed by atoms with Crippen molar-refractivity contribution >= 4 is 34.9 Å². The summed E-state index contributed by atoms with van der Waals surface area (Å²) in [6.45, 7) is 3.42. The third-order valence-corrected chi connectivity index (χ3v) is 4.41. The Morgan fingerprint density at radius 1 is 1.19 bits per heavy atom. The molecule has 0 unspecified atom stereocenters. The second-order valence-electron chi connectivity index (χ2n) is 6.24. The minimum absolute atomic E-state index is 0.0113. The zero-order chi connectivity index (χ0) is 20.1. The lowest BCUT2D eigenvalue weighted by molar-refractivity contribution is -0.116. The standard InChI is InChI=1S/C19H22ClN3O4/c1-11-17(19(26)27-4)12(2)21-18(11)15(24)9-23(3)10-16(25)22-14-8-6-5-7-13(14)20/h5-8,21H,9-10H2,1-4H3,(H,22,25). The molecule has 8 heteroatoms. The number of Topliss-reactive ketones (excluding diaryl/α,β-unsaturated/α-hetero) is 1. The van der Waals surface area contributed by atoms with Crippen molar-refractivity contribution in [1.82, 2.24) is 9.88 Å². The van der Waals surface area contributed by atoms with Gasteiger partial charge in [0.2, 0.25) is 5.91 Å². The van der Waals surface area contributed by atoms with Crippen LogP contribution in [-0.2, 0) is 9.53 Å². The highest BCUT2D eigenvalue weighted by atomic mass is 35.5. The summed E-state index contributed by atoms with van der Waals surface area (Å²) < 4.78 is 4.75. The highest BCUT2D eigenvalue weighted by Gasteiger charge is 2.23. The Balaban J connectivity index is 2.00. The van der Waals surface area contributed by atoms with Crippen LogP contribution >= 0.6 is 11.6 Å². The van der Waals surface area contributed by atoms with Gasteiger partial charge in [-0.15, -0.1) is 0 Å². The molecule has 1 heterocycles. The number of nitrogens with one attached hydrogen (secondary N) is 2. The molecule has 0 bridgehead atoms. The number of anilines is 1. The maximum Gasteiger partial charge on any atom is 0.339 e. The lowest BCUT2D eigenvalue weighted by Crippen LogP contribution is -2.34. The largest absolute Gasteiger partial charge is 0.465 e. The van der Waals surface area contributed by atoms with Gasteiger partial charge >= 0.3 is 5.97 Å². The number of carbonyl (C=O) groups excluding carboxylic acids is 3. The van der Waals surface area contributed by atoms with E-state index in [1.807, 2.05) is 0 Å². The fraction of sp³-hybridized carbons (Fsp3) is 0.316. The molecule has 2 rings (SSSR count). The van der Waals surface area contributed by atoms with Gasteiger partial charge in [-0.3, -0.25) is 14.5 Å². The van der Waals surface area contributed by atoms with Crippen LogP contribution in [0, 0.1) is 13.8 Å². The summed E-state index contributed by atoms with van der Waals surface area (Å²) in [5.74, 6) is -1.00. The van der Waals surface area contributed by atoms with Gasteiger partial charge in [0.25, 0.3) is 0 Å². The first kappa shape index (κ1) is 20.7. The highest BCUT2D eigenvalue weighted by molar-refractivity contribution is 6.33. The molecule has 0 spiro atoms. The number of hydrogen-bond donors (Lipinski definition) is 2. The molecule has 0 aliphatic carbocycles. The van der Waals surface area contributed by atoms with E-state index in [1.54, 1.807) is 50.1 Å². The molecule has 0 radical (unpaired) electrons. The third-order valence-electron chi connectivity index (χ3n) is 4.08. The second kappa shape index (κ2) is 8.83. The number of aromatic amines is 1. The number of amides is 1. The highest BCUT2D eigenvalue weighted by Crippen LogP contribution is 2.21. The molecule has 1 aromatic carbocycles. The number of halogens is 1. The number of rotatable bonds is 7. The SMILES string of the molecule is COC(=O)c1c(C)[nH]c(C(=O)CN(C)CC(=O)Nc2ccccc2Cl)c1C. The van der Waals surface area contributed by atoms with Gasteiger partial charge in [0, 0.05) is 5.69 Å². The maximum absolute atomic E-state index is 12.6. The first-order valence-corrected chi connectivity index (χ1v) is 8.66. The summed E-state index contributed by atoms with van der Waals surface area (Å²) in [5, 5.41) is 3.15. The zero-order valence-corrected chi connectivity index (χ0v) is 16.4. The molecular weight excluding hydrogens is 370 g/mol. The first-order chi connectivity index (χ1) is 12.7. The van der Waals surface area contributed by atoms with E-state index in [4.69, 9.17) is 16.3 Å². The van der Waals surface area contributed by atoms with Crippen LogP contribution in [0.5, 0.6) is 0 Å². The number of aryl methyl sites for hydroxylation is 1. The molecule has 0 aliphatic heterocycles. The number of benzene rings is 1. The monoisotopic (exact) mass is 391 g/mol. The number of ether oxygens (including phenoxy) is 1. The Bertz CT molecular complexity index is 876. The van der Waals surface area contributed by atoms with Crippen LogP contribution in [0.4, 0.5) is 5.69 Å². The van der Waals surface area contributed by atoms with Crippen LogP contribution in [0.25, 0.3) is 0 Å². The Morgan fingerprint density at radius 3 is 2.48 bits per heavy atom. The fourth-order valence-electron chi connectivity index (χ4n) is 2.81. The minimum Gasteiger partial charge on any atom is -0.465 e. The zero-order valence-electron chi connectivity index (χ0n) is 15.7. The van der Waals surface area contributed by atoms with Gasteiger partial charge in [-0.25, -0.2) is 4.79 Å². The average Bonchev–Trinajstić information content (AvgIpc) is 2.90. The number of aromatic nitrogens is 1. The number of carbonyl (C=O) groups is 3. The topological polar surface area (TPSA) is 91.5 Å². The van der Waals surface area contributed by atoms with E-state index in [9.17, 15) is 14.4 Å². The second-order valence-corrected chi connectivity index (χ2v) is 6.65. The molecule has 0 saturated carbocycles. The fourth-order valence-corrected chi connectivity index (χ4v) is 3.00. The molecule has 1 aromatic heterocycles. The third kappa shape index (κ3) is 4.96. The number of nitrogens with zero attached hydrogens (tertiary/aromatic N) is 1. The Kier molecular flexibility index (Phi) is 6.76. The maximum atomic E-state index is 12.6. The summed E-state index contributed by atoms with van der Waals surface area (Å²) in [6.07, 6.45) is 0. The molecule has 7 nitrogen and oxygen atoms in total. The predicted octanol–water partition coefficient (Wildman–Crippen LogP) is 2.82. The van der Waals surface area contributed by atoms with Gasteiger partial charge in [-0.2, -0.15) is 0 Å². The molecule has 27 heavy (non-hydrogen) atoms. The molecule has 2 aromatic rings. The summed E-state index contributed by atoms with van der Waals surface area (Å²) in [4.78, 5) is 41.1. The summed E-state index contributed by atoms with van der Waals surface area (Å²) in [6, 6.07) is 6.92. The van der Waals surface area contributed by atoms with E-state index in [-0.39, 0.29) is 24.8 Å². The van der Waals surface area contributed by atoms with Crippen molar-refractivity contribution in [1.29, 1.82) is 0 Å². The molecule has 0 saturated heterocycles. The lowest BCUT2D eigenvalue weighted by atomic mass is 10.1. The Labute approximate surface area is 162 Å². The van der Waals surface area contributed by atoms with E-state index in [2.05, 4.69) is 10.3 Å². The van der Waals surface area contributed by atoms with Crippen LogP contribution in [0.15, 0.2) is 24.3 Å². The molecule has 2 N–H and O–H groups in total. The van der Waals surface area contributed by atoms with Crippen molar-refractivity contribution in [3.8, 4) is 0 Å². The summed E-state index contributed by atoms with van der Waals surface area (Å²) in [5.41, 5.74) is 2.33. The van der Waals surface area contributed by atoms with Gasteiger partial charge < -0.3 is 15.0 Å². The number of likely N-dealkylation sites (N-methyl/N-ethyl adjacent to an activating group) is 1. The van der Waals surface area contributed by atoms with E-state index < -0.39 is 5.97 Å². The normalized spacial score (nSPS) is 10.7. The Hall–Kier alpha value is -2.64. The predicted molar refractivity (Wildman–Crippen MR) is 104 cm³/mol. The molecule has 0 aliphatic rings. The van der Waals surface area contributed by atoms with E-state index in [0.717, 1.165) is 0 Å². The number of para-hydroxylation sites is 1. The Morgan fingerprint density at radius 2 is 1.85 bits per heavy atom. The van der Waals surface area contributed by atoms with Crippen molar-refractivity contribution in [3.63, 3.8) is 0 Å². The van der Waals surface area contributed by atoms with Crippen molar-refractivity contribution in [2.24, 2.45) is 0 Å². The van der Waals surface area contributed by atoms with Crippen molar-refractivity contribution in [2.45, 2.75) is 13.8 Å². The van der Waals surface area contributed by atoms with Gasteiger partial charge in [0.1, 0.15) is 0 Å². The van der Waals surface area contributed by atoms with Crippen LogP contribution in [-0.4, -0.2) is 54.8 Å². The van der Waals surface area contributed by atoms with Crippen molar-refractivity contribution in [3.05, 3.63) is 51.8 Å². The number of methoxy groups -OCH3 is 1. The van der Waals surface area contributed by atoms with E-state index in [0.29, 0.717) is 33.2 Å². The van der Waals surface area contributed by atoms with Crippen LogP contribution in [0.1, 0.15) is 32.1 Å². The van der Waals surface area contributed by atoms with Crippen molar-refractivity contribution in [2.75, 3.05) is 32.6 Å². The van der Waals surface area contributed by atoms with Gasteiger partial charge in [-0.1, -0.05) is 23.7 Å². The first-order valence-electron chi connectivity index (χ1n) is 8.28. The molecule has 144 valence electrons. The van der Waals surface area contributed by atoms with Crippen molar-refractivity contribution < 1.29 is 19.1 Å². The van der Waals surface area contributed by atoms with Crippen LogP contribution in [0.2, 0.25) is 5.02 Å². The summed E-state index contributed by atoms with van der Waals surface area (Å²) >= 11 is 6.02. The minimum atomic E-state index is -0.493. The van der Waals surface area contributed by atoms with E-state index >= 15 is 0 Å². The van der Waals surface area contributed by atoms with Crippen LogP contribution in [0.3, 0.4) is 0 Å².